The minimum Gasteiger partial charge on any atom is -0.480 e. The van der Waals surface area contributed by atoms with Gasteiger partial charge >= 0.3 is 6.18 Å². The number of anilines is 1. The molecule has 2 aromatic rings. The predicted octanol–water partition coefficient (Wildman–Crippen LogP) is 3.77. The Balaban J connectivity index is 2.21. The van der Waals surface area contributed by atoms with Gasteiger partial charge in [0.05, 0.1) is 23.9 Å². The number of halogens is 5. The van der Waals surface area contributed by atoms with Crippen LogP contribution in [0.4, 0.5) is 23.2 Å². The van der Waals surface area contributed by atoms with E-state index < -0.39 is 23.9 Å². The first-order chi connectivity index (χ1) is 14.5. The average Bonchev–Trinajstić information content (AvgIpc) is 3.11. The molecule has 11 heteroatoms. The van der Waals surface area contributed by atoms with Crippen LogP contribution in [0.1, 0.15) is 23.7 Å². The molecule has 6 nitrogen and oxygen atoms in total. The van der Waals surface area contributed by atoms with Crippen molar-refractivity contribution in [1.29, 1.82) is 0 Å². The molecule has 1 aromatic heterocycles. The highest BCUT2D eigenvalue weighted by atomic mass is 35.5. The van der Waals surface area contributed by atoms with Gasteiger partial charge in [-0.2, -0.15) is 13.2 Å². The first-order valence-corrected chi connectivity index (χ1v) is 9.80. The Morgan fingerprint density at radius 3 is 2.65 bits per heavy atom. The molecular formula is C20H21ClF4N4O2. The number of rotatable bonds is 5. The smallest absolute Gasteiger partial charge is 0.408 e. The van der Waals surface area contributed by atoms with Crippen LogP contribution in [0.5, 0.6) is 5.88 Å². The van der Waals surface area contributed by atoms with Crippen LogP contribution in [0.25, 0.3) is 11.1 Å². The van der Waals surface area contributed by atoms with Gasteiger partial charge in [0.25, 0.3) is 5.91 Å². The monoisotopic (exact) mass is 460 g/mol. The molecule has 0 unspecified atom stereocenters. The summed E-state index contributed by atoms with van der Waals surface area (Å²) in [6, 6.07) is 1.48. The third-order valence-corrected chi connectivity index (χ3v) is 5.20. The molecule has 1 aliphatic heterocycles. The van der Waals surface area contributed by atoms with Gasteiger partial charge in [-0.05, 0) is 37.1 Å². The summed E-state index contributed by atoms with van der Waals surface area (Å²) < 4.78 is 58.4. The van der Waals surface area contributed by atoms with Crippen LogP contribution in [-0.4, -0.2) is 49.4 Å². The number of nitrogens with zero attached hydrogens (tertiary/aromatic N) is 2. The maximum absolute atomic E-state index is 14.1. The van der Waals surface area contributed by atoms with Crippen LogP contribution in [0.3, 0.4) is 0 Å². The molecule has 0 radical (unpaired) electrons. The van der Waals surface area contributed by atoms with Crippen molar-refractivity contribution in [2.45, 2.75) is 31.6 Å². The van der Waals surface area contributed by atoms with E-state index >= 15 is 0 Å². The lowest BCUT2D eigenvalue weighted by molar-refractivity contribution is -0.149. The second-order valence-corrected chi connectivity index (χ2v) is 7.73. The quantitative estimate of drug-likeness (QED) is 0.664. The van der Waals surface area contributed by atoms with Gasteiger partial charge in [0.15, 0.2) is 0 Å². The van der Waals surface area contributed by atoms with Gasteiger partial charge in [-0.15, -0.1) is 0 Å². The van der Waals surface area contributed by atoms with Gasteiger partial charge in [0.1, 0.15) is 11.9 Å². The number of amides is 1. The molecule has 2 atom stereocenters. The Kier molecular flexibility index (Phi) is 6.61. The van der Waals surface area contributed by atoms with E-state index in [1.807, 2.05) is 5.32 Å². The second kappa shape index (κ2) is 8.88. The molecule has 3 rings (SSSR count). The fraction of sp³-hybridized carbons (Fsp3) is 0.400. The zero-order chi connectivity index (χ0) is 22.9. The number of methoxy groups -OCH3 is 1. The summed E-state index contributed by atoms with van der Waals surface area (Å²) in [5.74, 6) is -1.54. The van der Waals surface area contributed by atoms with Crippen LogP contribution in [0.15, 0.2) is 24.4 Å². The predicted molar refractivity (Wildman–Crippen MR) is 109 cm³/mol. The number of hydrogen-bond donors (Lipinski definition) is 2. The number of carbonyl (C=O) groups excluding carboxylic acids is 1. The zero-order valence-corrected chi connectivity index (χ0v) is 17.5. The van der Waals surface area contributed by atoms with E-state index in [2.05, 4.69) is 4.98 Å². The maximum Gasteiger partial charge on any atom is 0.408 e. The minimum atomic E-state index is -4.62. The lowest BCUT2D eigenvalue weighted by Crippen LogP contribution is -2.43. The van der Waals surface area contributed by atoms with E-state index in [0.29, 0.717) is 19.5 Å². The van der Waals surface area contributed by atoms with Crippen molar-refractivity contribution in [3.8, 4) is 17.0 Å². The summed E-state index contributed by atoms with van der Waals surface area (Å²) >= 11 is 6.01. The van der Waals surface area contributed by atoms with E-state index in [9.17, 15) is 22.4 Å². The maximum atomic E-state index is 14.1. The largest absolute Gasteiger partial charge is 0.480 e. The summed E-state index contributed by atoms with van der Waals surface area (Å²) in [5, 5.41) is 2.05. The van der Waals surface area contributed by atoms with E-state index in [0.717, 1.165) is 19.2 Å². The topological polar surface area (TPSA) is 80.5 Å². The van der Waals surface area contributed by atoms with Crippen molar-refractivity contribution in [2.24, 2.45) is 5.73 Å². The zero-order valence-electron chi connectivity index (χ0n) is 16.8. The SMILES string of the molecule is COc1ncc(C(=O)N[C@@H](C)C(F)(F)F)c(N2CC[C@H](N)C2)c1-c1cc(F)cc(Cl)c1. The molecule has 0 bridgehead atoms. The average molecular weight is 461 g/mol. The summed E-state index contributed by atoms with van der Waals surface area (Å²) in [7, 11) is 1.34. The third-order valence-electron chi connectivity index (χ3n) is 4.99. The number of ether oxygens (including phenoxy) is 1. The van der Waals surface area contributed by atoms with Crippen molar-refractivity contribution in [2.75, 3.05) is 25.1 Å². The molecule has 1 amide bonds. The van der Waals surface area contributed by atoms with E-state index in [1.165, 1.54) is 19.2 Å². The van der Waals surface area contributed by atoms with Gasteiger partial charge in [-0.25, -0.2) is 9.37 Å². The fourth-order valence-electron chi connectivity index (χ4n) is 3.44. The summed E-state index contributed by atoms with van der Waals surface area (Å²) in [4.78, 5) is 18.7. The lowest BCUT2D eigenvalue weighted by Gasteiger charge is -2.26. The summed E-state index contributed by atoms with van der Waals surface area (Å²) in [5.41, 5.74) is 6.67. The van der Waals surface area contributed by atoms with Gasteiger partial charge in [0, 0.05) is 30.4 Å². The number of alkyl halides is 3. The molecule has 2 heterocycles. The Bertz CT molecular complexity index is 966. The molecule has 168 valence electrons. The second-order valence-electron chi connectivity index (χ2n) is 7.29. The molecule has 1 aromatic carbocycles. The molecule has 0 saturated carbocycles. The van der Waals surface area contributed by atoms with Gasteiger partial charge in [-0.1, -0.05) is 11.6 Å². The number of benzene rings is 1. The van der Waals surface area contributed by atoms with Crippen molar-refractivity contribution in [1.82, 2.24) is 10.3 Å². The third kappa shape index (κ3) is 5.01. The highest BCUT2D eigenvalue weighted by molar-refractivity contribution is 6.31. The molecule has 0 aliphatic carbocycles. The van der Waals surface area contributed by atoms with Crippen LogP contribution < -0.4 is 20.7 Å². The first kappa shape index (κ1) is 23.1. The van der Waals surface area contributed by atoms with Crippen molar-refractivity contribution in [3.05, 3.63) is 40.8 Å². The number of nitrogens with two attached hydrogens (primary N) is 1. The van der Waals surface area contributed by atoms with Crippen LogP contribution in [0, 0.1) is 5.82 Å². The van der Waals surface area contributed by atoms with Crippen LogP contribution in [0.2, 0.25) is 5.02 Å². The summed E-state index contributed by atoms with van der Waals surface area (Å²) in [6.07, 6.45) is -2.88. The molecule has 0 spiro atoms. The fourth-order valence-corrected chi connectivity index (χ4v) is 3.66. The van der Waals surface area contributed by atoms with Gasteiger partial charge in [0.2, 0.25) is 5.88 Å². The molecule has 1 aliphatic rings. The van der Waals surface area contributed by atoms with E-state index in [1.54, 1.807) is 4.90 Å². The standard InChI is InChI=1S/C20H21ClF4N4O2/c1-10(20(23,24)25)28-18(30)15-8-27-19(31-2)16(11-5-12(21)7-13(22)6-11)17(15)29-4-3-14(26)9-29/h5-8,10,14H,3-4,9,26H2,1-2H3,(H,28,30)/t10-,14-/m0/s1. The minimum absolute atomic E-state index is 0.0672. The van der Waals surface area contributed by atoms with Gasteiger partial charge in [-0.3, -0.25) is 4.79 Å². The van der Waals surface area contributed by atoms with Crippen LogP contribution >= 0.6 is 11.6 Å². The number of hydrogen-bond acceptors (Lipinski definition) is 5. The van der Waals surface area contributed by atoms with Crippen molar-refractivity contribution >= 4 is 23.2 Å². The highest BCUT2D eigenvalue weighted by Crippen LogP contribution is 2.42. The number of aromatic nitrogens is 1. The highest BCUT2D eigenvalue weighted by Gasteiger charge is 2.38. The van der Waals surface area contributed by atoms with Crippen molar-refractivity contribution < 1.29 is 27.1 Å². The molecular weight excluding hydrogens is 440 g/mol. The van der Waals surface area contributed by atoms with Crippen molar-refractivity contribution in [3.63, 3.8) is 0 Å². The first-order valence-electron chi connectivity index (χ1n) is 9.42. The number of nitrogens with one attached hydrogen (secondary N) is 1. The lowest BCUT2D eigenvalue weighted by atomic mass is 10.00. The molecule has 1 fully saturated rings. The number of pyridine rings is 1. The van der Waals surface area contributed by atoms with Gasteiger partial charge < -0.3 is 20.7 Å². The Hall–Kier alpha value is -2.59. The molecule has 3 N–H and O–H groups in total. The molecule has 1 saturated heterocycles. The molecule has 31 heavy (non-hydrogen) atoms. The van der Waals surface area contributed by atoms with Crippen LogP contribution in [-0.2, 0) is 0 Å². The number of carbonyl (C=O) groups is 1. The Labute approximate surface area is 181 Å². The van der Waals surface area contributed by atoms with E-state index in [4.69, 9.17) is 22.1 Å². The van der Waals surface area contributed by atoms with E-state index in [-0.39, 0.29) is 39.3 Å². The normalized spacial score (nSPS) is 17.5. The summed E-state index contributed by atoms with van der Waals surface area (Å²) in [6.45, 7) is 1.63. The Morgan fingerprint density at radius 2 is 2.10 bits per heavy atom. The Morgan fingerprint density at radius 1 is 1.39 bits per heavy atom.